The maximum Gasteiger partial charge on any atom is 4.00 e. The zero-order valence-corrected chi connectivity index (χ0v) is 12.5. The van der Waals surface area contributed by atoms with Crippen LogP contribution >= 0.6 is 0 Å². The molecular weight excluding hydrogens is 326 g/mol. The maximum atomic E-state index is 7.13. The largest absolute Gasteiger partial charge is 4.00 e. The van der Waals surface area contributed by atoms with Gasteiger partial charge in [0.1, 0.15) is 0 Å². The van der Waals surface area contributed by atoms with E-state index in [1.165, 1.54) is 21.6 Å². The first-order valence-electron chi connectivity index (χ1n) is 1.71. The Morgan fingerprint density at radius 2 is 0.500 bits per heavy atom. The van der Waals surface area contributed by atoms with Crippen molar-refractivity contribution in [3.05, 3.63) is 0 Å². The van der Waals surface area contributed by atoms with E-state index in [4.69, 9.17) is 21.0 Å². The molecule has 0 aromatic carbocycles. The Kier molecular flexibility index (Phi) is 871. The molecule has 0 saturated carbocycles. The van der Waals surface area contributed by atoms with Gasteiger partial charge in [0.25, 0.3) is 0 Å². The van der Waals surface area contributed by atoms with Crippen molar-refractivity contribution >= 4 is 50.5 Å². The Morgan fingerprint density at radius 3 is 0.500 bits per heavy atom. The number of rotatable bonds is 0. The van der Waals surface area contributed by atoms with Crippen LogP contribution in [0.15, 0.2) is 0 Å². The number of thiocyanates is 4. The first-order chi connectivity index (χ1) is 5.66. The molecule has 9 N–H and O–H groups in total. The van der Waals surface area contributed by atoms with Crippen molar-refractivity contribution in [2.24, 2.45) is 0 Å². The average Bonchev–Trinajstić information content (AvgIpc) is 1.92. The van der Waals surface area contributed by atoms with Crippen LogP contribution in [-0.4, -0.2) is 0 Å². The summed E-state index contributed by atoms with van der Waals surface area (Å²) in [7, 11) is 0. The van der Waals surface area contributed by atoms with Gasteiger partial charge in [-0.2, -0.15) is 0 Å². The SMILES string of the molecule is N.N.N.N#C[S-].N#C[S-].N#C[S-].N#C[S-].[Cr+4]. The summed E-state index contributed by atoms with van der Waals surface area (Å²) in [6.45, 7) is 0. The van der Waals surface area contributed by atoms with Gasteiger partial charge >= 0.3 is 17.4 Å². The van der Waals surface area contributed by atoms with Crippen LogP contribution in [0.25, 0.3) is 0 Å². The van der Waals surface area contributed by atoms with Crippen molar-refractivity contribution in [3.63, 3.8) is 0 Å². The van der Waals surface area contributed by atoms with Crippen LogP contribution < -0.4 is 18.5 Å². The Balaban J connectivity index is -0.00000000821. The first kappa shape index (κ1) is 58.9. The van der Waals surface area contributed by atoms with Gasteiger partial charge in [0.05, 0.1) is 0 Å². The van der Waals surface area contributed by atoms with Gasteiger partial charge in [0, 0.05) is 0 Å². The predicted molar refractivity (Wildman–Crippen MR) is 67.0 cm³/mol. The van der Waals surface area contributed by atoms with Crippen molar-refractivity contribution in [3.8, 4) is 21.6 Å². The number of hydrogen-bond acceptors (Lipinski definition) is 11. The molecular formula is C4H9CrN7S4. The molecule has 0 spiro atoms. The molecule has 0 radical (unpaired) electrons. The zero-order chi connectivity index (χ0) is 10.8. The monoisotopic (exact) mass is 335 g/mol. The molecule has 0 aliphatic rings. The van der Waals surface area contributed by atoms with Gasteiger partial charge in [0.2, 0.25) is 0 Å². The van der Waals surface area contributed by atoms with Crippen molar-refractivity contribution in [1.82, 2.24) is 18.5 Å². The standard InChI is InChI=1S/4CHNS.Cr.3H3N/c4*2-1-3;;;;/h4*3H;;3*1H3/q;;;;+4;;;/p-4. The Labute approximate surface area is 128 Å². The van der Waals surface area contributed by atoms with Gasteiger partial charge in [0.15, 0.2) is 0 Å². The smallest absolute Gasteiger partial charge is 0.696 e. The second kappa shape index (κ2) is 237. The van der Waals surface area contributed by atoms with Crippen LogP contribution in [0.5, 0.6) is 0 Å². The summed E-state index contributed by atoms with van der Waals surface area (Å²) in [5, 5.41) is 33.9. The van der Waals surface area contributed by atoms with Gasteiger partial charge in [-0.05, 0) is 0 Å². The van der Waals surface area contributed by atoms with Gasteiger partial charge in [-0.15, -0.1) is 0 Å². The molecule has 0 unspecified atom stereocenters. The third-order valence-electron chi connectivity index (χ3n) is 0. The van der Waals surface area contributed by atoms with E-state index in [0.29, 0.717) is 0 Å². The molecule has 16 heavy (non-hydrogen) atoms. The van der Waals surface area contributed by atoms with Crippen LogP contribution in [0.4, 0.5) is 0 Å². The molecule has 0 atom stereocenters. The second-order valence-corrected chi connectivity index (χ2v) is 1.10. The van der Waals surface area contributed by atoms with E-state index >= 15 is 0 Å². The topological polar surface area (TPSA) is 200 Å². The fourth-order valence-corrected chi connectivity index (χ4v) is 0. The third-order valence-corrected chi connectivity index (χ3v) is 0. The average molecular weight is 335 g/mol. The van der Waals surface area contributed by atoms with E-state index in [2.05, 4.69) is 50.5 Å². The maximum absolute atomic E-state index is 7.13. The zero-order valence-electron chi connectivity index (χ0n) is 7.95. The van der Waals surface area contributed by atoms with Crippen LogP contribution in [0.1, 0.15) is 0 Å². The summed E-state index contributed by atoms with van der Waals surface area (Å²) in [6.07, 6.45) is 0. The molecule has 12 heteroatoms. The van der Waals surface area contributed by atoms with Gasteiger partial charge in [-0.3, -0.25) is 0 Å². The van der Waals surface area contributed by atoms with E-state index in [1.807, 2.05) is 0 Å². The van der Waals surface area contributed by atoms with Crippen LogP contribution in [-0.2, 0) is 67.9 Å². The summed E-state index contributed by atoms with van der Waals surface area (Å²) in [5.41, 5.74) is 0. The Hall–Kier alpha value is -0.748. The van der Waals surface area contributed by atoms with E-state index < -0.39 is 0 Å². The number of nitriles is 4. The van der Waals surface area contributed by atoms with Crippen LogP contribution in [0.3, 0.4) is 0 Å². The molecule has 90 valence electrons. The van der Waals surface area contributed by atoms with Gasteiger partial charge < -0.3 is 69.0 Å². The summed E-state index contributed by atoms with van der Waals surface area (Å²) < 4.78 is 0. The molecule has 0 fully saturated rings. The number of hydrogen-bond donors (Lipinski definition) is 3. The van der Waals surface area contributed by atoms with Crippen molar-refractivity contribution in [2.75, 3.05) is 0 Å². The van der Waals surface area contributed by atoms with E-state index in [9.17, 15) is 0 Å². The summed E-state index contributed by atoms with van der Waals surface area (Å²) >= 11 is 14.8. The minimum Gasteiger partial charge on any atom is -0.696 e. The molecule has 0 heterocycles. The molecule has 0 rings (SSSR count). The summed E-state index contributed by atoms with van der Waals surface area (Å²) in [5.74, 6) is 0. The van der Waals surface area contributed by atoms with E-state index in [1.54, 1.807) is 0 Å². The van der Waals surface area contributed by atoms with Gasteiger partial charge in [-0.25, -0.2) is 21.0 Å². The fourth-order valence-electron chi connectivity index (χ4n) is 0. The minimum atomic E-state index is 0. The van der Waals surface area contributed by atoms with E-state index in [-0.39, 0.29) is 35.8 Å². The summed E-state index contributed by atoms with van der Waals surface area (Å²) in [4.78, 5) is 0. The van der Waals surface area contributed by atoms with Crippen molar-refractivity contribution < 1.29 is 17.4 Å². The van der Waals surface area contributed by atoms with Crippen molar-refractivity contribution in [1.29, 1.82) is 21.0 Å². The molecule has 0 aromatic heterocycles. The summed E-state index contributed by atoms with van der Waals surface area (Å²) in [6, 6.07) is 0. The molecule has 0 aliphatic heterocycles. The molecule has 0 aliphatic carbocycles. The number of nitrogens with zero attached hydrogens (tertiary/aromatic N) is 4. The molecule has 0 bridgehead atoms. The minimum absolute atomic E-state index is 0. The Bertz CT molecular complexity index is 162. The molecule has 0 aromatic rings. The van der Waals surface area contributed by atoms with Crippen LogP contribution in [0, 0.1) is 42.7 Å². The Morgan fingerprint density at radius 1 is 0.500 bits per heavy atom. The third kappa shape index (κ3) is 3560. The van der Waals surface area contributed by atoms with E-state index in [0.717, 1.165) is 0 Å². The second-order valence-electron chi connectivity index (χ2n) is 0.365. The van der Waals surface area contributed by atoms with Gasteiger partial charge in [-0.1, -0.05) is 21.6 Å². The predicted octanol–water partition coefficient (Wildman–Crippen LogP) is 0.541. The first-order valence-corrected chi connectivity index (χ1v) is 3.34. The normalized spacial score (nSPS) is 1.75. The molecule has 0 amide bonds. The quantitative estimate of drug-likeness (QED) is 0.412. The van der Waals surface area contributed by atoms with Crippen molar-refractivity contribution in [2.45, 2.75) is 0 Å². The van der Waals surface area contributed by atoms with Crippen LogP contribution in [0.2, 0.25) is 0 Å². The molecule has 0 saturated heterocycles. The fraction of sp³-hybridized carbons (Fsp3) is 0. The molecule has 7 nitrogen and oxygen atoms in total.